The van der Waals surface area contributed by atoms with Crippen molar-refractivity contribution in [3.63, 3.8) is 0 Å². The summed E-state index contributed by atoms with van der Waals surface area (Å²) in [5.41, 5.74) is 1.67. The molecular weight excluding hydrogens is 264 g/mol. The summed E-state index contributed by atoms with van der Waals surface area (Å²) in [6, 6.07) is 0.784. The van der Waals surface area contributed by atoms with Crippen LogP contribution in [0.4, 0.5) is 0 Å². The van der Waals surface area contributed by atoms with E-state index in [2.05, 4.69) is 12.2 Å². The predicted molar refractivity (Wildman–Crippen MR) is 84.2 cm³/mol. The number of rotatable bonds is 4. The first-order chi connectivity index (χ1) is 9.79. The SMILES string of the molecule is CCC1CCC(NC2CC2)(c2nc3c(s2)CCC3)CC1. The fourth-order valence-corrected chi connectivity index (χ4v) is 5.37. The Hall–Kier alpha value is -0.410. The normalized spacial score (nSPS) is 33.4. The van der Waals surface area contributed by atoms with Crippen molar-refractivity contribution in [2.75, 3.05) is 0 Å². The number of hydrogen-bond acceptors (Lipinski definition) is 3. The van der Waals surface area contributed by atoms with Crippen LogP contribution in [-0.4, -0.2) is 11.0 Å². The molecule has 2 saturated carbocycles. The third-order valence-electron chi connectivity index (χ3n) is 5.60. The fraction of sp³-hybridized carbons (Fsp3) is 0.824. The van der Waals surface area contributed by atoms with Gasteiger partial charge < -0.3 is 5.32 Å². The van der Waals surface area contributed by atoms with Crippen LogP contribution in [0.1, 0.15) is 73.9 Å². The second kappa shape index (κ2) is 5.10. The minimum absolute atomic E-state index is 0.238. The molecule has 0 spiro atoms. The highest BCUT2D eigenvalue weighted by molar-refractivity contribution is 7.12. The second-order valence-corrected chi connectivity index (χ2v) is 8.18. The summed E-state index contributed by atoms with van der Waals surface area (Å²) in [6.07, 6.45) is 13.4. The Kier molecular flexibility index (Phi) is 3.38. The Balaban J connectivity index is 1.60. The first-order valence-corrected chi connectivity index (χ1v) is 9.37. The summed E-state index contributed by atoms with van der Waals surface area (Å²) in [6.45, 7) is 2.35. The van der Waals surface area contributed by atoms with E-state index in [4.69, 9.17) is 4.98 Å². The lowest BCUT2D eigenvalue weighted by Gasteiger charge is -2.40. The minimum Gasteiger partial charge on any atom is -0.303 e. The Morgan fingerprint density at radius 3 is 2.65 bits per heavy atom. The Morgan fingerprint density at radius 1 is 1.20 bits per heavy atom. The zero-order valence-electron chi connectivity index (χ0n) is 12.6. The van der Waals surface area contributed by atoms with Crippen molar-refractivity contribution < 1.29 is 0 Å². The van der Waals surface area contributed by atoms with Crippen molar-refractivity contribution >= 4 is 11.3 Å². The number of aromatic nitrogens is 1. The Bertz CT molecular complexity index is 460. The van der Waals surface area contributed by atoms with E-state index in [9.17, 15) is 0 Å². The Labute approximate surface area is 126 Å². The summed E-state index contributed by atoms with van der Waals surface area (Å²) in [5.74, 6) is 0.955. The van der Waals surface area contributed by atoms with Gasteiger partial charge in [0, 0.05) is 10.9 Å². The van der Waals surface area contributed by atoms with Gasteiger partial charge >= 0.3 is 0 Å². The molecule has 0 unspecified atom stereocenters. The molecule has 1 aromatic heterocycles. The van der Waals surface area contributed by atoms with E-state index in [0.29, 0.717) is 0 Å². The van der Waals surface area contributed by atoms with Crippen molar-refractivity contribution in [3.8, 4) is 0 Å². The van der Waals surface area contributed by atoms with Crippen molar-refractivity contribution in [2.45, 2.75) is 82.7 Å². The van der Waals surface area contributed by atoms with E-state index in [1.165, 1.54) is 74.9 Å². The molecule has 0 amide bonds. The maximum atomic E-state index is 5.07. The molecule has 0 atom stereocenters. The van der Waals surface area contributed by atoms with Gasteiger partial charge in [0.2, 0.25) is 0 Å². The number of nitrogens with one attached hydrogen (secondary N) is 1. The molecule has 2 nitrogen and oxygen atoms in total. The molecule has 1 N–H and O–H groups in total. The van der Waals surface area contributed by atoms with Crippen LogP contribution in [-0.2, 0) is 18.4 Å². The van der Waals surface area contributed by atoms with E-state index in [-0.39, 0.29) is 5.54 Å². The van der Waals surface area contributed by atoms with Crippen LogP contribution in [0.3, 0.4) is 0 Å². The smallest absolute Gasteiger partial charge is 0.113 e. The largest absolute Gasteiger partial charge is 0.303 e. The Morgan fingerprint density at radius 2 is 2.00 bits per heavy atom. The van der Waals surface area contributed by atoms with Crippen LogP contribution in [0.15, 0.2) is 0 Å². The average Bonchev–Trinajstić information content (AvgIpc) is 3.00. The summed E-state index contributed by atoms with van der Waals surface area (Å²) in [4.78, 5) is 6.67. The maximum absolute atomic E-state index is 5.07. The molecule has 0 saturated heterocycles. The predicted octanol–water partition coefficient (Wildman–Crippen LogP) is 4.18. The molecule has 4 rings (SSSR count). The summed E-state index contributed by atoms with van der Waals surface area (Å²) < 4.78 is 0. The van der Waals surface area contributed by atoms with Gasteiger partial charge in [-0.25, -0.2) is 4.98 Å². The van der Waals surface area contributed by atoms with Crippen LogP contribution in [0.2, 0.25) is 0 Å². The fourth-order valence-electron chi connectivity index (χ4n) is 4.01. The quantitative estimate of drug-likeness (QED) is 0.900. The lowest BCUT2D eigenvalue weighted by atomic mass is 9.75. The number of hydrogen-bond donors (Lipinski definition) is 1. The number of aryl methyl sites for hydroxylation is 2. The summed E-state index contributed by atoms with van der Waals surface area (Å²) >= 11 is 2.03. The van der Waals surface area contributed by atoms with Gasteiger partial charge in [-0.3, -0.25) is 0 Å². The van der Waals surface area contributed by atoms with E-state index in [1.807, 2.05) is 11.3 Å². The van der Waals surface area contributed by atoms with Crippen LogP contribution in [0, 0.1) is 5.92 Å². The van der Waals surface area contributed by atoms with E-state index in [0.717, 1.165) is 12.0 Å². The highest BCUT2D eigenvalue weighted by Gasteiger charge is 2.43. The molecule has 20 heavy (non-hydrogen) atoms. The number of fused-ring (bicyclic) bond motifs is 1. The lowest BCUT2D eigenvalue weighted by molar-refractivity contribution is 0.182. The first kappa shape index (κ1) is 13.3. The van der Waals surface area contributed by atoms with Crippen molar-refractivity contribution in [2.24, 2.45) is 5.92 Å². The van der Waals surface area contributed by atoms with Gasteiger partial charge in [0.05, 0.1) is 11.2 Å². The zero-order valence-corrected chi connectivity index (χ0v) is 13.4. The number of nitrogens with zero attached hydrogens (tertiary/aromatic N) is 1. The molecular formula is C17H26N2S. The highest BCUT2D eigenvalue weighted by atomic mass is 32.1. The molecule has 0 radical (unpaired) electrons. The molecule has 110 valence electrons. The summed E-state index contributed by atoms with van der Waals surface area (Å²) in [5, 5.41) is 5.44. The van der Waals surface area contributed by atoms with Gasteiger partial charge in [0.1, 0.15) is 5.01 Å². The lowest BCUT2D eigenvalue weighted by Crippen LogP contribution is -2.46. The van der Waals surface area contributed by atoms with Gasteiger partial charge in [0.15, 0.2) is 0 Å². The number of thiazole rings is 1. The molecule has 0 bridgehead atoms. The van der Waals surface area contributed by atoms with Gasteiger partial charge in [-0.05, 0) is 63.7 Å². The molecule has 2 fully saturated rings. The van der Waals surface area contributed by atoms with Crippen molar-refractivity contribution in [1.29, 1.82) is 0 Å². The third kappa shape index (κ3) is 2.33. The highest BCUT2D eigenvalue weighted by Crippen LogP contribution is 2.45. The standard InChI is InChI=1S/C17H26N2S/c1-2-12-8-10-17(11-9-12,19-13-6-7-13)16-18-14-4-3-5-15(14)20-16/h12-13,19H,2-11H2,1H3. The van der Waals surface area contributed by atoms with Crippen molar-refractivity contribution in [1.82, 2.24) is 10.3 Å². The molecule has 1 heterocycles. The maximum Gasteiger partial charge on any atom is 0.113 e. The molecule has 3 aliphatic rings. The topological polar surface area (TPSA) is 24.9 Å². The van der Waals surface area contributed by atoms with Crippen LogP contribution in [0.5, 0.6) is 0 Å². The van der Waals surface area contributed by atoms with Crippen molar-refractivity contribution in [3.05, 3.63) is 15.6 Å². The van der Waals surface area contributed by atoms with Gasteiger partial charge in [0.25, 0.3) is 0 Å². The first-order valence-electron chi connectivity index (χ1n) is 8.56. The van der Waals surface area contributed by atoms with Crippen LogP contribution in [0.25, 0.3) is 0 Å². The molecule has 0 aromatic carbocycles. The van der Waals surface area contributed by atoms with Gasteiger partial charge in [-0.15, -0.1) is 11.3 Å². The van der Waals surface area contributed by atoms with Crippen LogP contribution < -0.4 is 5.32 Å². The van der Waals surface area contributed by atoms with Gasteiger partial charge in [-0.2, -0.15) is 0 Å². The van der Waals surface area contributed by atoms with E-state index >= 15 is 0 Å². The average molecular weight is 290 g/mol. The van der Waals surface area contributed by atoms with E-state index in [1.54, 1.807) is 4.88 Å². The second-order valence-electron chi connectivity index (χ2n) is 7.09. The minimum atomic E-state index is 0.238. The molecule has 1 aromatic rings. The van der Waals surface area contributed by atoms with E-state index < -0.39 is 0 Å². The molecule has 3 aliphatic carbocycles. The van der Waals surface area contributed by atoms with Gasteiger partial charge in [-0.1, -0.05) is 13.3 Å². The monoisotopic (exact) mass is 290 g/mol. The molecule has 0 aliphatic heterocycles. The third-order valence-corrected chi connectivity index (χ3v) is 6.96. The zero-order chi connectivity index (χ0) is 13.6. The molecule has 3 heteroatoms. The van der Waals surface area contributed by atoms with Crippen LogP contribution >= 0.6 is 11.3 Å². The summed E-state index contributed by atoms with van der Waals surface area (Å²) in [7, 11) is 0.